The van der Waals surface area contributed by atoms with Gasteiger partial charge < -0.3 is 5.32 Å². The van der Waals surface area contributed by atoms with E-state index >= 15 is 0 Å². The molecule has 23 heavy (non-hydrogen) atoms. The number of hydrogen-bond donors (Lipinski definition) is 1. The summed E-state index contributed by atoms with van der Waals surface area (Å²) in [6.07, 6.45) is 4.92. The van der Waals surface area contributed by atoms with E-state index in [0.29, 0.717) is 13.0 Å². The van der Waals surface area contributed by atoms with Crippen molar-refractivity contribution in [2.75, 3.05) is 6.54 Å². The van der Waals surface area contributed by atoms with E-state index in [2.05, 4.69) is 15.4 Å². The Bertz CT molecular complexity index is 819. The highest BCUT2D eigenvalue weighted by molar-refractivity contribution is 7.15. The molecule has 5 nitrogen and oxygen atoms in total. The van der Waals surface area contributed by atoms with Gasteiger partial charge in [0.2, 0.25) is 10.9 Å². The summed E-state index contributed by atoms with van der Waals surface area (Å²) in [7, 11) is 0. The Morgan fingerprint density at radius 1 is 1.35 bits per heavy atom. The average Bonchev–Trinajstić information content (AvgIpc) is 3.18. The van der Waals surface area contributed by atoms with E-state index in [1.165, 1.54) is 0 Å². The van der Waals surface area contributed by atoms with Crippen molar-refractivity contribution in [3.63, 3.8) is 0 Å². The fourth-order valence-electron chi connectivity index (χ4n) is 2.34. The van der Waals surface area contributed by atoms with E-state index in [-0.39, 0.29) is 5.91 Å². The molecule has 1 N–H and O–H groups in total. The SMILES string of the molecule is CC/C(=C\c1ccccc1)C(=O)NCCc1csc2ncnn12. The van der Waals surface area contributed by atoms with Crippen LogP contribution in [0, 0.1) is 0 Å². The molecule has 2 heterocycles. The number of fused-ring (bicyclic) bond motifs is 1. The van der Waals surface area contributed by atoms with E-state index in [1.54, 1.807) is 17.7 Å². The quantitative estimate of drug-likeness (QED) is 0.709. The van der Waals surface area contributed by atoms with Gasteiger partial charge in [-0.15, -0.1) is 11.3 Å². The van der Waals surface area contributed by atoms with E-state index in [9.17, 15) is 4.79 Å². The second-order valence-electron chi connectivity index (χ2n) is 5.12. The molecule has 0 aliphatic rings. The molecule has 0 saturated heterocycles. The third-order valence-electron chi connectivity index (χ3n) is 3.57. The van der Waals surface area contributed by atoms with Gasteiger partial charge >= 0.3 is 0 Å². The number of nitrogens with zero attached hydrogens (tertiary/aromatic N) is 3. The van der Waals surface area contributed by atoms with Crippen molar-refractivity contribution < 1.29 is 4.79 Å². The lowest BCUT2D eigenvalue weighted by atomic mass is 10.1. The summed E-state index contributed by atoms with van der Waals surface area (Å²) in [5, 5.41) is 9.19. The van der Waals surface area contributed by atoms with Gasteiger partial charge in [-0.2, -0.15) is 5.10 Å². The highest BCUT2D eigenvalue weighted by Gasteiger charge is 2.09. The molecule has 2 aromatic heterocycles. The first-order valence-electron chi connectivity index (χ1n) is 7.58. The smallest absolute Gasteiger partial charge is 0.247 e. The molecular weight excluding hydrogens is 308 g/mol. The summed E-state index contributed by atoms with van der Waals surface area (Å²) in [6.45, 7) is 2.57. The molecule has 0 saturated carbocycles. The Labute approximate surface area is 138 Å². The van der Waals surface area contributed by atoms with Crippen molar-refractivity contribution in [3.8, 4) is 0 Å². The Hall–Kier alpha value is -2.47. The van der Waals surface area contributed by atoms with Gasteiger partial charge in [0.15, 0.2) is 0 Å². The number of rotatable bonds is 6. The highest BCUT2D eigenvalue weighted by Crippen LogP contribution is 2.13. The Morgan fingerprint density at radius 3 is 2.96 bits per heavy atom. The zero-order valence-electron chi connectivity index (χ0n) is 12.9. The summed E-state index contributed by atoms with van der Waals surface area (Å²) in [5.41, 5.74) is 2.89. The number of aromatic nitrogens is 3. The first-order chi connectivity index (χ1) is 11.3. The third kappa shape index (κ3) is 3.65. The number of thiazole rings is 1. The van der Waals surface area contributed by atoms with Gasteiger partial charge in [0, 0.05) is 23.9 Å². The van der Waals surface area contributed by atoms with Crippen molar-refractivity contribution in [2.24, 2.45) is 0 Å². The summed E-state index contributed by atoms with van der Waals surface area (Å²) in [6, 6.07) is 9.90. The molecule has 0 aliphatic heterocycles. The average molecular weight is 326 g/mol. The third-order valence-corrected chi connectivity index (χ3v) is 4.45. The maximum Gasteiger partial charge on any atom is 0.247 e. The fraction of sp³-hybridized carbons (Fsp3) is 0.235. The van der Waals surface area contributed by atoms with Crippen LogP contribution in [0.5, 0.6) is 0 Å². The predicted molar refractivity (Wildman–Crippen MR) is 92.3 cm³/mol. The largest absolute Gasteiger partial charge is 0.352 e. The number of benzene rings is 1. The number of carbonyl (C=O) groups excluding carboxylic acids is 1. The lowest BCUT2D eigenvalue weighted by Gasteiger charge is -2.07. The van der Waals surface area contributed by atoms with Crippen LogP contribution in [0.15, 0.2) is 47.6 Å². The fourth-order valence-corrected chi connectivity index (χ4v) is 3.17. The molecule has 0 unspecified atom stereocenters. The molecular formula is C17H18N4OS. The van der Waals surface area contributed by atoms with Crippen molar-refractivity contribution in [1.29, 1.82) is 0 Å². The molecule has 1 amide bonds. The minimum absolute atomic E-state index is 0.0126. The van der Waals surface area contributed by atoms with Crippen molar-refractivity contribution >= 4 is 28.3 Å². The summed E-state index contributed by atoms with van der Waals surface area (Å²) >= 11 is 1.56. The molecule has 0 atom stereocenters. The molecule has 6 heteroatoms. The van der Waals surface area contributed by atoms with Gasteiger partial charge in [0.1, 0.15) is 6.33 Å². The zero-order valence-corrected chi connectivity index (χ0v) is 13.7. The van der Waals surface area contributed by atoms with Crippen LogP contribution in [0.3, 0.4) is 0 Å². The molecule has 0 aliphatic carbocycles. The van der Waals surface area contributed by atoms with Crippen LogP contribution in [-0.2, 0) is 11.2 Å². The number of carbonyl (C=O) groups is 1. The number of nitrogens with one attached hydrogen (secondary N) is 1. The molecule has 0 fully saturated rings. The second kappa shape index (κ2) is 7.19. The molecule has 1 aromatic carbocycles. The first kappa shape index (κ1) is 15.4. The van der Waals surface area contributed by atoms with Crippen LogP contribution in [0.2, 0.25) is 0 Å². The normalized spacial score (nSPS) is 11.8. The van der Waals surface area contributed by atoms with E-state index in [1.807, 2.05) is 53.2 Å². The zero-order chi connectivity index (χ0) is 16.1. The lowest BCUT2D eigenvalue weighted by Crippen LogP contribution is -2.27. The summed E-state index contributed by atoms with van der Waals surface area (Å²) < 4.78 is 1.82. The molecule has 0 spiro atoms. The van der Waals surface area contributed by atoms with Crippen LogP contribution in [0.1, 0.15) is 24.6 Å². The van der Waals surface area contributed by atoms with E-state index in [4.69, 9.17) is 0 Å². The van der Waals surface area contributed by atoms with Gasteiger partial charge in [0.25, 0.3) is 0 Å². The van der Waals surface area contributed by atoms with E-state index < -0.39 is 0 Å². The van der Waals surface area contributed by atoms with Gasteiger partial charge in [-0.05, 0) is 18.1 Å². The Balaban J connectivity index is 1.60. The molecule has 3 rings (SSSR count). The van der Waals surface area contributed by atoms with Crippen molar-refractivity contribution in [1.82, 2.24) is 19.9 Å². The van der Waals surface area contributed by atoms with Crippen LogP contribution < -0.4 is 5.32 Å². The van der Waals surface area contributed by atoms with Crippen molar-refractivity contribution in [2.45, 2.75) is 19.8 Å². The van der Waals surface area contributed by atoms with Crippen LogP contribution in [-0.4, -0.2) is 27.0 Å². The van der Waals surface area contributed by atoms with Crippen molar-refractivity contribution in [3.05, 3.63) is 58.9 Å². The number of amides is 1. The van der Waals surface area contributed by atoms with Crippen LogP contribution in [0.4, 0.5) is 0 Å². The van der Waals surface area contributed by atoms with Gasteiger partial charge in [-0.25, -0.2) is 9.50 Å². The minimum atomic E-state index is -0.0126. The monoisotopic (exact) mass is 326 g/mol. The molecule has 0 bridgehead atoms. The molecule has 3 aromatic rings. The summed E-state index contributed by atoms with van der Waals surface area (Å²) in [4.78, 5) is 17.3. The van der Waals surface area contributed by atoms with Crippen LogP contribution in [0.25, 0.3) is 11.0 Å². The first-order valence-corrected chi connectivity index (χ1v) is 8.46. The topological polar surface area (TPSA) is 59.3 Å². The Morgan fingerprint density at radius 2 is 2.17 bits per heavy atom. The predicted octanol–water partition coefficient (Wildman–Crippen LogP) is 2.94. The molecule has 118 valence electrons. The summed E-state index contributed by atoms with van der Waals surface area (Å²) in [5.74, 6) is -0.0126. The standard InChI is InChI=1S/C17H18N4OS/c1-2-14(10-13-6-4-3-5-7-13)16(22)18-9-8-15-11-23-17-19-12-20-21(15)17/h3-7,10-12H,2,8-9H2,1H3,(H,18,22)/b14-10+. The lowest BCUT2D eigenvalue weighted by molar-refractivity contribution is -0.117. The van der Waals surface area contributed by atoms with Gasteiger partial charge in [-0.1, -0.05) is 37.3 Å². The minimum Gasteiger partial charge on any atom is -0.352 e. The van der Waals surface area contributed by atoms with Gasteiger partial charge in [0.05, 0.1) is 5.69 Å². The Kier molecular flexibility index (Phi) is 4.83. The number of hydrogen-bond acceptors (Lipinski definition) is 4. The van der Waals surface area contributed by atoms with E-state index in [0.717, 1.165) is 28.2 Å². The maximum absolute atomic E-state index is 12.3. The molecule has 0 radical (unpaired) electrons. The van der Waals surface area contributed by atoms with Crippen LogP contribution >= 0.6 is 11.3 Å². The maximum atomic E-state index is 12.3. The van der Waals surface area contributed by atoms with Gasteiger partial charge in [-0.3, -0.25) is 4.79 Å². The highest BCUT2D eigenvalue weighted by atomic mass is 32.1. The second-order valence-corrected chi connectivity index (χ2v) is 5.96.